The molecule has 2 aromatic heterocycles. The number of hydrogen-bond donors (Lipinski definition) is 3. The Morgan fingerprint density at radius 2 is 2.43 bits per heavy atom. The van der Waals surface area contributed by atoms with E-state index in [1.165, 1.54) is 11.3 Å². The summed E-state index contributed by atoms with van der Waals surface area (Å²) in [6, 6.07) is 0. The zero-order valence-electron chi connectivity index (χ0n) is 7.41. The highest BCUT2D eigenvalue weighted by molar-refractivity contribution is 7.07. The number of H-pyrrole nitrogens is 2. The Bertz CT molecular complexity index is 430. The smallest absolute Gasteiger partial charge is 0.304 e. The van der Waals surface area contributed by atoms with Gasteiger partial charge in [-0.2, -0.15) is 0 Å². The van der Waals surface area contributed by atoms with E-state index in [1.807, 2.05) is 5.38 Å². The summed E-state index contributed by atoms with van der Waals surface area (Å²) in [6.45, 7) is 1.32. The van der Waals surface area contributed by atoms with Crippen molar-refractivity contribution in [2.24, 2.45) is 0 Å². The lowest BCUT2D eigenvalue weighted by Gasteiger charge is -1.99. The Labute approximate surface area is 84.2 Å². The predicted octanol–water partition coefficient (Wildman–Crippen LogP) is 0.449. The molecule has 2 heterocycles. The summed E-state index contributed by atoms with van der Waals surface area (Å²) in [5.41, 5.74) is 0.909. The monoisotopic (exact) mass is 210 g/mol. The molecule has 0 aliphatic carbocycles. The summed E-state index contributed by atoms with van der Waals surface area (Å²) in [7, 11) is 0. The van der Waals surface area contributed by atoms with Crippen LogP contribution in [0.15, 0.2) is 22.6 Å². The van der Waals surface area contributed by atoms with Crippen molar-refractivity contribution < 1.29 is 0 Å². The van der Waals surface area contributed by atoms with Crippen LogP contribution in [0.1, 0.15) is 11.5 Å². The van der Waals surface area contributed by atoms with E-state index in [4.69, 9.17) is 0 Å². The third-order valence-electron chi connectivity index (χ3n) is 1.73. The Morgan fingerprint density at radius 3 is 3.07 bits per heavy atom. The van der Waals surface area contributed by atoms with Crippen LogP contribution >= 0.6 is 11.3 Å². The maximum atomic E-state index is 10.8. The summed E-state index contributed by atoms with van der Waals surface area (Å²) >= 11 is 1.18. The lowest BCUT2D eigenvalue weighted by atomic mass is 10.4. The standard InChI is InChI=1S/C8H10N4OS/c13-8-12-6(5-14-8)3-9-4-7-10-1-2-11-7/h1-2,5,9H,3-4H2,(H,10,11)(H,12,13). The molecule has 0 unspecified atom stereocenters. The van der Waals surface area contributed by atoms with E-state index in [-0.39, 0.29) is 4.87 Å². The average molecular weight is 210 g/mol. The van der Waals surface area contributed by atoms with E-state index in [0.717, 1.165) is 11.5 Å². The molecular weight excluding hydrogens is 200 g/mol. The Balaban J connectivity index is 1.81. The zero-order valence-corrected chi connectivity index (χ0v) is 8.23. The Morgan fingerprint density at radius 1 is 1.50 bits per heavy atom. The second-order valence-corrected chi connectivity index (χ2v) is 3.66. The Kier molecular flexibility index (Phi) is 2.76. The van der Waals surface area contributed by atoms with Crippen LogP contribution in [0.5, 0.6) is 0 Å². The highest BCUT2D eigenvalue weighted by Gasteiger charge is 1.97. The van der Waals surface area contributed by atoms with Crippen molar-refractivity contribution in [3.63, 3.8) is 0 Å². The SMILES string of the molecule is O=c1[nH]c(CNCc2ncc[nH]2)cs1. The fourth-order valence-electron chi connectivity index (χ4n) is 1.11. The molecule has 3 N–H and O–H groups in total. The zero-order chi connectivity index (χ0) is 9.80. The van der Waals surface area contributed by atoms with Crippen LogP contribution in [0.4, 0.5) is 0 Å². The number of rotatable bonds is 4. The molecule has 5 nitrogen and oxygen atoms in total. The van der Waals surface area contributed by atoms with Crippen LogP contribution in [0, 0.1) is 0 Å². The summed E-state index contributed by atoms with van der Waals surface area (Å²) in [5.74, 6) is 0.891. The van der Waals surface area contributed by atoms with E-state index in [1.54, 1.807) is 12.4 Å². The summed E-state index contributed by atoms with van der Waals surface area (Å²) < 4.78 is 0. The average Bonchev–Trinajstić information content (AvgIpc) is 2.77. The molecule has 0 aromatic carbocycles. The van der Waals surface area contributed by atoms with Gasteiger partial charge < -0.3 is 15.3 Å². The van der Waals surface area contributed by atoms with Gasteiger partial charge in [0.15, 0.2) is 0 Å². The van der Waals surface area contributed by atoms with Crippen LogP contribution < -0.4 is 10.2 Å². The number of aromatic amines is 2. The van der Waals surface area contributed by atoms with Gasteiger partial charge in [-0.15, -0.1) is 0 Å². The van der Waals surface area contributed by atoms with E-state index in [2.05, 4.69) is 20.3 Å². The molecular formula is C8H10N4OS. The van der Waals surface area contributed by atoms with Crippen molar-refractivity contribution in [3.05, 3.63) is 39.0 Å². The van der Waals surface area contributed by atoms with Crippen molar-refractivity contribution in [1.82, 2.24) is 20.3 Å². The number of hydrogen-bond acceptors (Lipinski definition) is 4. The van der Waals surface area contributed by atoms with Crippen LogP contribution in [-0.2, 0) is 13.1 Å². The first-order valence-electron chi connectivity index (χ1n) is 4.20. The van der Waals surface area contributed by atoms with Gasteiger partial charge in [-0.3, -0.25) is 4.79 Å². The molecule has 0 saturated heterocycles. The number of nitrogens with zero attached hydrogens (tertiary/aromatic N) is 1. The quantitative estimate of drug-likeness (QED) is 0.686. The third kappa shape index (κ3) is 2.30. The molecule has 14 heavy (non-hydrogen) atoms. The highest BCUT2D eigenvalue weighted by atomic mass is 32.1. The first-order chi connectivity index (χ1) is 6.84. The van der Waals surface area contributed by atoms with Gasteiger partial charge in [-0.25, -0.2) is 4.98 Å². The van der Waals surface area contributed by atoms with Gasteiger partial charge in [0.05, 0.1) is 6.54 Å². The Hall–Kier alpha value is -1.40. The summed E-state index contributed by atoms with van der Waals surface area (Å²) in [5, 5.41) is 4.98. The molecule has 74 valence electrons. The van der Waals surface area contributed by atoms with Gasteiger partial charge in [-0.05, 0) is 0 Å². The second-order valence-electron chi connectivity index (χ2n) is 2.81. The molecule has 0 amide bonds. The van der Waals surface area contributed by atoms with Crippen LogP contribution in [0.3, 0.4) is 0 Å². The van der Waals surface area contributed by atoms with Gasteiger partial charge in [-0.1, -0.05) is 11.3 Å². The molecule has 2 aromatic rings. The van der Waals surface area contributed by atoms with Crippen molar-refractivity contribution in [3.8, 4) is 0 Å². The second kappa shape index (κ2) is 4.21. The van der Waals surface area contributed by atoms with Gasteiger partial charge >= 0.3 is 4.87 Å². The predicted molar refractivity (Wildman–Crippen MR) is 54.1 cm³/mol. The number of thiazole rings is 1. The molecule has 0 radical (unpaired) electrons. The van der Waals surface area contributed by atoms with Crippen molar-refractivity contribution >= 4 is 11.3 Å². The van der Waals surface area contributed by atoms with E-state index in [9.17, 15) is 4.79 Å². The van der Waals surface area contributed by atoms with Gasteiger partial charge in [0.2, 0.25) is 0 Å². The minimum atomic E-state index is -0.0141. The number of nitrogens with one attached hydrogen (secondary N) is 3. The molecule has 0 spiro atoms. The molecule has 6 heteroatoms. The lowest BCUT2D eigenvalue weighted by Crippen LogP contribution is -2.14. The molecule has 0 atom stereocenters. The fourth-order valence-corrected chi connectivity index (χ4v) is 1.69. The van der Waals surface area contributed by atoms with Gasteiger partial charge in [0.25, 0.3) is 0 Å². The first-order valence-corrected chi connectivity index (χ1v) is 5.08. The maximum Gasteiger partial charge on any atom is 0.304 e. The molecule has 0 bridgehead atoms. The van der Waals surface area contributed by atoms with Crippen molar-refractivity contribution in [1.29, 1.82) is 0 Å². The molecule has 0 aliphatic heterocycles. The number of aromatic nitrogens is 3. The fraction of sp³-hybridized carbons (Fsp3) is 0.250. The molecule has 2 rings (SSSR count). The third-order valence-corrected chi connectivity index (χ3v) is 2.45. The van der Waals surface area contributed by atoms with Gasteiger partial charge in [0.1, 0.15) is 5.82 Å². The van der Waals surface area contributed by atoms with Gasteiger partial charge in [0, 0.05) is 30.0 Å². The normalized spacial score (nSPS) is 10.6. The van der Waals surface area contributed by atoms with Crippen LogP contribution in [-0.4, -0.2) is 15.0 Å². The summed E-state index contributed by atoms with van der Waals surface area (Å²) in [6.07, 6.45) is 3.49. The topological polar surface area (TPSA) is 73.6 Å². The molecule has 0 saturated carbocycles. The summed E-state index contributed by atoms with van der Waals surface area (Å²) in [4.78, 5) is 20.6. The highest BCUT2D eigenvalue weighted by Crippen LogP contribution is 1.95. The van der Waals surface area contributed by atoms with Crippen molar-refractivity contribution in [2.75, 3.05) is 0 Å². The lowest BCUT2D eigenvalue weighted by molar-refractivity contribution is 0.659. The van der Waals surface area contributed by atoms with E-state index >= 15 is 0 Å². The minimum Gasteiger partial charge on any atom is -0.348 e. The van der Waals surface area contributed by atoms with Crippen molar-refractivity contribution in [2.45, 2.75) is 13.1 Å². The minimum absolute atomic E-state index is 0.0141. The largest absolute Gasteiger partial charge is 0.348 e. The number of imidazole rings is 1. The first kappa shape index (κ1) is 9.17. The van der Waals surface area contributed by atoms with E-state index < -0.39 is 0 Å². The molecule has 0 fully saturated rings. The van der Waals surface area contributed by atoms with E-state index in [0.29, 0.717) is 13.1 Å². The maximum absolute atomic E-state index is 10.8. The van der Waals surface area contributed by atoms with Crippen LogP contribution in [0.25, 0.3) is 0 Å². The molecule has 0 aliphatic rings. The van der Waals surface area contributed by atoms with Crippen LogP contribution in [0.2, 0.25) is 0 Å².